The van der Waals surface area contributed by atoms with Gasteiger partial charge in [0.2, 0.25) is 0 Å². The van der Waals surface area contributed by atoms with Gasteiger partial charge in [-0.3, -0.25) is 0 Å². The average molecular weight is 168 g/mol. The van der Waals surface area contributed by atoms with Crippen LogP contribution in [0.3, 0.4) is 0 Å². The first-order valence-corrected chi connectivity index (χ1v) is 3.25. The van der Waals surface area contributed by atoms with Crippen molar-refractivity contribution in [3.63, 3.8) is 0 Å². The molecule has 12 heavy (non-hydrogen) atoms. The van der Waals surface area contributed by atoms with Gasteiger partial charge < -0.3 is 5.73 Å². The predicted octanol–water partition coefficient (Wildman–Crippen LogP) is 1.49. The number of rotatable bonds is 1. The zero-order chi connectivity index (χ0) is 9.14. The van der Waals surface area contributed by atoms with Gasteiger partial charge in [-0.2, -0.15) is 5.26 Å². The third-order valence-electron chi connectivity index (χ3n) is 1.44. The van der Waals surface area contributed by atoms with Gasteiger partial charge in [0, 0.05) is 11.6 Å². The van der Waals surface area contributed by atoms with E-state index in [1.54, 1.807) is 6.07 Å². The maximum atomic E-state index is 12.8. The largest absolute Gasteiger partial charge is 0.312 e. The Hall–Kier alpha value is -1.47. The zero-order valence-electron chi connectivity index (χ0n) is 6.09. The van der Waals surface area contributed by atoms with E-state index in [-0.39, 0.29) is 5.56 Å². The summed E-state index contributed by atoms with van der Waals surface area (Å²) in [4.78, 5) is 0. The second kappa shape index (κ2) is 3.28. The molecule has 4 heteroatoms. The fourth-order valence-corrected chi connectivity index (χ4v) is 0.823. The Bertz CT molecular complexity index is 330. The molecule has 0 aliphatic heterocycles. The summed E-state index contributed by atoms with van der Waals surface area (Å²) < 4.78 is 25.2. The lowest BCUT2D eigenvalue weighted by Crippen LogP contribution is -2.09. The molecular weight excluding hydrogens is 162 g/mol. The number of hydrogen-bond acceptors (Lipinski definition) is 2. The van der Waals surface area contributed by atoms with Gasteiger partial charge in [0.15, 0.2) is 0 Å². The summed E-state index contributed by atoms with van der Waals surface area (Å²) >= 11 is 0. The number of nitriles is 1. The predicted molar refractivity (Wildman–Crippen MR) is 38.9 cm³/mol. The van der Waals surface area contributed by atoms with E-state index in [1.807, 2.05) is 0 Å². The highest BCUT2D eigenvalue weighted by Gasteiger charge is 2.10. The molecule has 0 saturated carbocycles. The van der Waals surface area contributed by atoms with Gasteiger partial charge in [-0.25, -0.2) is 8.78 Å². The molecule has 0 aliphatic carbocycles. The van der Waals surface area contributed by atoms with Gasteiger partial charge in [-0.1, -0.05) is 6.07 Å². The molecule has 0 bridgehead atoms. The summed E-state index contributed by atoms with van der Waals surface area (Å²) in [6, 6.07) is 3.55. The summed E-state index contributed by atoms with van der Waals surface area (Å²) in [7, 11) is 0. The Balaban J connectivity index is 3.11. The van der Waals surface area contributed by atoms with Crippen molar-refractivity contribution >= 4 is 0 Å². The highest BCUT2D eigenvalue weighted by Crippen LogP contribution is 2.14. The molecule has 1 rings (SSSR count). The van der Waals surface area contributed by atoms with Crippen molar-refractivity contribution in [2.24, 2.45) is 5.73 Å². The summed E-state index contributed by atoms with van der Waals surface area (Å²) in [5.41, 5.74) is 5.23. The third kappa shape index (κ3) is 1.57. The van der Waals surface area contributed by atoms with Crippen LogP contribution in [0, 0.1) is 23.0 Å². The lowest BCUT2D eigenvalue weighted by molar-refractivity contribution is 0.568. The first kappa shape index (κ1) is 8.62. The first-order valence-electron chi connectivity index (χ1n) is 3.25. The molecular formula is C8H6F2N2. The topological polar surface area (TPSA) is 49.8 Å². The molecule has 0 heterocycles. The Labute approximate surface area is 68.2 Å². The minimum Gasteiger partial charge on any atom is -0.312 e. The van der Waals surface area contributed by atoms with E-state index in [0.717, 1.165) is 6.07 Å². The molecule has 1 aromatic rings. The van der Waals surface area contributed by atoms with E-state index < -0.39 is 17.7 Å². The van der Waals surface area contributed by atoms with Crippen molar-refractivity contribution in [1.29, 1.82) is 5.26 Å². The number of benzene rings is 1. The van der Waals surface area contributed by atoms with E-state index in [1.165, 1.54) is 6.07 Å². The van der Waals surface area contributed by atoms with E-state index >= 15 is 0 Å². The molecule has 2 N–H and O–H groups in total. The van der Waals surface area contributed by atoms with Gasteiger partial charge in [0.25, 0.3) is 0 Å². The summed E-state index contributed by atoms with van der Waals surface area (Å²) in [6.45, 7) is 0. The van der Waals surface area contributed by atoms with Crippen LogP contribution in [0.25, 0.3) is 0 Å². The molecule has 1 aromatic carbocycles. The average Bonchev–Trinajstić information content (AvgIpc) is 2.03. The van der Waals surface area contributed by atoms with Gasteiger partial charge in [0.05, 0.1) is 6.07 Å². The Kier molecular flexibility index (Phi) is 2.36. The molecule has 2 nitrogen and oxygen atoms in total. The van der Waals surface area contributed by atoms with Gasteiger partial charge in [0.1, 0.15) is 17.7 Å². The summed E-state index contributed by atoms with van der Waals surface area (Å²) in [6.07, 6.45) is 0. The third-order valence-corrected chi connectivity index (χ3v) is 1.44. The minimum absolute atomic E-state index is 0.0129. The number of nitrogens with two attached hydrogens (primary N) is 1. The molecule has 0 aliphatic rings. The normalized spacial score (nSPS) is 12.2. The SMILES string of the molecule is N#C[C@H](N)c1ccc(F)cc1F. The maximum absolute atomic E-state index is 12.8. The van der Waals surface area contributed by atoms with Crippen LogP contribution in [-0.4, -0.2) is 0 Å². The molecule has 62 valence electrons. The van der Waals surface area contributed by atoms with Crippen molar-refractivity contribution in [2.75, 3.05) is 0 Å². The van der Waals surface area contributed by atoms with E-state index in [2.05, 4.69) is 0 Å². The summed E-state index contributed by atoms with van der Waals surface area (Å²) in [5, 5.41) is 8.35. The zero-order valence-corrected chi connectivity index (χ0v) is 6.09. The minimum atomic E-state index is -1.04. The Morgan fingerprint density at radius 3 is 2.58 bits per heavy atom. The van der Waals surface area contributed by atoms with E-state index in [0.29, 0.717) is 6.07 Å². The van der Waals surface area contributed by atoms with Crippen LogP contribution in [0.15, 0.2) is 18.2 Å². The van der Waals surface area contributed by atoms with Crippen LogP contribution in [0.1, 0.15) is 11.6 Å². The molecule has 1 atom stereocenters. The van der Waals surface area contributed by atoms with Crippen molar-refractivity contribution in [1.82, 2.24) is 0 Å². The van der Waals surface area contributed by atoms with Crippen LogP contribution < -0.4 is 5.73 Å². The van der Waals surface area contributed by atoms with E-state index in [9.17, 15) is 8.78 Å². The van der Waals surface area contributed by atoms with Crippen molar-refractivity contribution in [3.8, 4) is 6.07 Å². The second-order valence-electron chi connectivity index (χ2n) is 2.27. The van der Waals surface area contributed by atoms with Crippen molar-refractivity contribution in [2.45, 2.75) is 6.04 Å². The molecule has 0 unspecified atom stereocenters. The Morgan fingerprint density at radius 1 is 1.42 bits per heavy atom. The standard InChI is InChI=1S/C8H6F2N2/c9-5-1-2-6(7(10)3-5)8(12)4-11/h1-3,8H,12H2/t8-/m0/s1. The lowest BCUT2D eigenvalue weighted by Gasteiger charge is -2.03. The smallest absolute Gasteiger partial charge is 0.131 e. The Morgan fingerprint density at radius 2 is 2.08 bits per heavy atom. The monoisotopic (exact) mass is 168 g/mol. The molecule has 0 amide bonds. The fourth-order valence-electron chi connectivity index (χ4n) is 0.823. The molecule has 0 radical (unpaired) electrons. The van der Waals surface area contributed by atoms with Crippen LogP contribution >= 0.6 is 0 Å². The molecule has 0 saturated heterocycles. The quantitative estimate of drug-likeness (QED) is 0.690. The fraction of sp³-hybridized carbons (Fsp3) is 0.125. The van der Waals surface area contributed by atoms with Crippen LogP contribution in [-0.2, 0) is 0 Å². The number of halogens is 2. The first-order chi connectivity index (χ1) is 5.65. The van der Waals surface area contributed by atoms with Gasteiger partial charge in [-0.15, -0.1) is 0 Å². The molecule has 0 aromatic heterocycles. The number of hydrogen-bond donors (Lipinski definition) is 1. The molecule has 0 fully saturated rings. The van der Waals surface area contributed by atoms with Crippen LogP contribution in [0.2, 0.25) is 0 Å². The van der Waals surface area contributed by atoms with Crippen LogP contribution in [0.5, 0.6) is 0 Å². The second-order valence-corrected chi connectivity index (χ2v) is 2.27. The van der Waals surface area contributed by atoms with E-state index in [4.69, 9.17) is 11.0 Å². The summed E-state index contributed by atoms with van der Waals surface area (Å²) in [5.74, 6) is -1.47. The van der Waals surface area contributed by atoms with Gasteiger partial charge in [-0.05, 0) is 6.07 Å². The van der Waals surface area contributed by atoms with Crippen LogP contribution in [0.4, 0.5) is 8.78 Å². The molecule has 0 spiro atoms. The van der Waals surface area contributed by atoms with Crippen molar-refractivity contribution < 1.29 is 8.78 Å². The maximum Gasteiger partial charge on any atom is 0.131 e. The van der Waals surface area contributed by atoms with Gasteiger partial charge >= 0.3 is 0 Å². The highest BCUT2D eigenvalue weighted by atomic mass is 19.1. The highest BCUT2D eigenvalue weighted by molar-refractivity contribution is 5.25. The number of nitrogens with zero attached hydrogens (tertiary/aromatic N) is 1. The van der Waals surface area contributed by atoms with Crippen molar-refractivity contribution in [3.05, 3.63) is 35.4 Å². The lowest BCUT2D eigenvalue weighted by atomic mass is 10.1.